The quantitative estimate of drug-likeness (QED) is 0.153. The van der Waals surface area contributed by atoms with Gasteiger partial charge in [0, 0.05) is 42.5 Å². The van der Waals surface area contributed by atoms with E-state index in [-0.39, 0.29) is 54.7 Å². The number of ether oxygens (including phenoxy) is 2. The number of para-hydroxylation sites is 1. The summed E-state index contributed by atoms with van der Waals surface area (Å²) >= 11 is 0. The van der Waals surface area contributed by atoms with Gasteiger partial charge in [0.2, 0.25) is 11.8 Å². The number of hydrogen-bond donors (Lipinski definition) is 3. The first-order chi connectivity index (χ1) is 26.6. The molecule has 2 fully saturated rings. The number of fused-ring (bicyclic) bond motifs is 2. The molecular weight excluding hydrogens is 709 g/mol. The number of amides is 3. The summed E-state index contributed by atoms with van der Waals surface area (Å²) in [6.07, 6.45) is 1.17. The Labute approximate surface area is 324 Å². The number of aliphatic hydroxyl groups is 1. The molecule has 4 aromatic rings. The molecule has 1 spiro atoms. The summed E-state index contributed by atoms with van der Waals surface area (Å²) in [4.78, 5) is 46.7. The number of methoxy groups -OCH3 is 1. The van der Waals surface area contributed by atoms with E-state index in [0.717, 1.165) is 35.9 Å². The molecule has 0 radical (unpaired) electrons. The fraction of sp³-hybridized carbons (Fsp3) is 0.386. The first-order valence-corrected chi connectivity index (χ1v) is 22.5. The molecule has 1 unspecified atom stereocenters. The average Bonchev–Trinajstić information content (AvgIpc) is 3.64. The van der Waals surface area contributed by atoms with Crippen molar-refractivity contribution in [3.05, 3.63) is 114 Å². The number of nitrogens with one attached hydrogen (secondary N) is 2. The predicted octanol–water partition coefficient (Wildman–Crippen LogP) is 5.94. The van der Waals surface area contributed by atoms with E-state index in [1.54, 1.807) is 16.9 Å². The normalized spacial score (nSPS) is 23.4. The van der Waals surface area contributed by atoms with Crippen molar-refractivity contribution in [2.24, 2.45) is 11.8 Å². The second-order valence-corrected chi connectivity index (χ2v) is 20.3. The minimum absolute atomic E-state index is 0.0369. The molecule has 10 nitrogen and oxygen atoms in total. The van der Waals surface area contributed by atoms with Crippen LogP contribution < -0.4 is 25.5 Å². The molecular formula is C44H52N4O6Si. The van der Waals surface area contributed by atoms with Crippen molar-refractivity contribution in [1.82, 2.24) is 10.2 Å². The van der Waals surface area contributed by atoms with Gasteiger partial charge in [0.25, 0.3) is 5.91 Å². The Morgan fingerprint density at radius 2 is 1.73 bits per heavy atom. The number of anilines is 3. The number of carbonyl (C=O) groups is 3. The Kier molecular flexibility index (Phi) is 11.3. The van der Waals surface area contributed by atoms with Crippen LogP contribution in [0.3, 0.4) is 0 Å². The summed E-state index contributed by atoms with van der Waals surface area (Å²) < 4.78 is 12.8. The SMILES string of the molecule is COc1ccc([Si](C)(C)[C@@H]2[C@@H](CC(=O)N(CCO)Cc3ccccc3)O[C@]3(C(=O)N(c4ccccc4)c4ccc(NC(=O)C5CCCNC5)cc43)[C@H]2C)cc1. The van der Waals surface area contributed by atoms with Crippen molar-refractivity contribution < 1.29 is 29.0 Å². The van der Waals surface area contributed by atoms with Crippen LogP contribution in [0, 0.1) is 11.8 Å². The first-order valence-electron chi connectivity index (χ1n) is 19.4. The predicted molar refractivity (Wildman–Crippen MR) is 217 cm³/mol. The minimum atomic E-state index is -2.56. The lowest BCUT2D eigenvalue weighted by atomic mass is 9.82. The molecule has 0 aromatic heterocycles. The zero-order chi connectivity index (χ0) is 38.7. The van der Waals surface area contributed by atoms with Gasteiger partial charge < -0.3 is 30.1 Å². The van der Waals surface area contributed by atoms with E-state index in [0.29, 0.717) is 35.7 Å². The van der Waals surface area contributed by atoms with Crippen molar-refractivity contribution in [1.29, 1.82) is 0 Å². The van der Waals surface area contributed by atoms with Crippen LogP contribution in [0.5, 0.6) is 5.75 Å². The number of benzene rings is 4. The minimum Gasteiger partial charge on any atom is -0.497 e. The van der Waals surface area contributed by atoms with Gasteiger partial charge in [-0.2, -0.15) is 0 Å². The van der Waals surface area contributed by atoms with Gasteiger partial charge in [-0.05, 0) is 73.0 Å². The number of hydrogen-bond acceptors (Lipinski definition) is 7. The standard InChI is InChI=1S/C44H52N4O6Si/c1-30-41(55(3,4)36-20-18-35(53-2)19-21-36)39(27-40(50)47(24-25-49)29-31-12-7-5-8-13-31)54-44(30)37-26-33(46-42(51)32-14-11-23-45-28-32)17-22-38(37)48(43(44)52)34-15-9-6-10-16-34/h5-10,12-13,15-22,26,30,32,39,41,45,49H,11,14,23-25,27-29H2,1-4H3,(H,46,51)/t30-,32?,39+,41-,44+/m0/s1. The lowest BCUT2D eigenvalue weighted by molar-refractivity contribution is -0.149. The summed E-state index contributed by atoms with van der Waals surface area (Å²) in [6.45, 7) is 8.55. The van der Waals surface area contributed by atoms with Gasteiger partial charge in [-0.25, -0.2) is 0 Å². The van der Waals surface area contributed by atoms with Crippen LogP contribution in [0.4, 0.5) is 17.1 Å². The Morgan fingerprint density at radius 3 is 2.38 bits per heavy atom. The molecule has 0 aliphatic carbocycles. The largest absolute Gasteiger partial charge is 0.497 e. The zero-order valence-corrected chi connectivity index (χ0v) is 33.2. The lowest BCUT2D eigenvalue weighted by Crippen LogP contribution is -2.52. The average molecular weight is 761 g/mol. The van der Waals surface area contributed by atoms with Gasteiger partial charge in [0.05, 0.1) is 45.9 Å². The molecule has 3 heterocycles. The molecule has 55 heavy (non-hydrogen) atoms. The molecule has 4 aromatic carbocycles. The number of carbonyl (C=O) groups excluding carboxylic acids is 3. The number of rotatable bonds is 12. The fourth-order valence-corrected chi connectivity index (χ4v) is 13.2. The van der Waals surface area contributed by atoms with E-state index in [1.807, 2.05) is 91.0 Å². The molecule has 7 rings (SSSR count). The van der Waals surface area contributed by atoms with Gasteiger partial charge >= 0.3 is 0 Å². The van der Waals surface area contributed by atoms with Gasteiger partial charge in [0.1, 0.15) is 5.75 Å². The van der Waals surface area contributed by atoms with Crippen LogP contribution in [-0.4, -0.2) is 75.3 Å². The highest BCUT2D eigenvalue weighted by Crippen LogP contribution is 2.61. The summed E-state index contributed by atoms with van der Waals surface area (Å²) in [7, 11) is -0.912. The fourth-order valence-electron chi connectivity index (χ4n) is 9.19. The maximum absolute atomic E-state index is 15.4. The van der Waals surface area contributed by atoms with Crippen molar-refractivity contribution >= 4 is 48.0 Å². The van der Waals surface area contributed by atoms with Crippen LogP contribution >= 0.6 is 0 Å². The van der Waals surface area contributed by atoms with E-state index in [4.69, 9.17) is 9.47 Å². The molecule has 3 amide bonds. The maximum Gasteiger partial charge on any atom is 0.268 e. The van der Waals surface area contributed by atoms with Crippen molar-refractivity contribution in [3.8, 4) is 5.75 Å². The third kappa shape index (κ3) is 7.34. The molecule has 5 atom stereocenters. The van der Waals surface area contributed by atoms with E-state index >= 15 is 4.79 Å². The second-order valence-electron chi connectivity index (χ2n) is 15.6. The van der Waals surface area contributed by atoms with Crippen molar-refractivity contribution in [3.63, 3.8) is 0 Å². The Bertz CT molecular complexity index is 1990. The molecule has 0 bridgehead atoms. The van der Waals surface area contributed by atoms with Gasteiger partial charge in [-0.1, -0.05) is 85.9 Å². The number of piperidine rings is 1. The third-order valence-electron chi connectivity index (χ3n) is 12.0. The zero-order valence-electron chi connectivity index (χ0n) is 32.2. The van der Waals surface area contributed by atoms with Crippen LogP contribution in [-0.2, 0) is 31.3 Å². The Hall–Kier alpha value is -4.81. The van der Waals surface area contributed by atoms with E-state index in [9.17, 15) is 14.7 Å². The maximum atomic E-state index is 15.4. The van der Waals surface area contributed by atoms with E-state index in [2.05, 4.69) is 42.8 Å². The number of nitrogens with zero attached hydrogens (tertiary/aromatic N) is 2. The Morgan fingerprint density at radius 1 is 1.02 bits per heavy atom. The second kappa shape index (κ2) is 16.1. The Balaban J connectivity index is 1.32. The highest BCUT2D eigenvalue weighted by Gasteiger charge is 2.67. The van der Waals surface area contributed by atoms with Crippen LogP contribution in [0.25, 0.3) is 0 Å². The monoisotopic (exact) mass is 760 g/mol. The summed E-state index contributed by atoms with van der Waals surface area (Å²) in [5.74, 6) is -0.161. The van der Waals surface area contributed by atoms with Crippen molar-refractivity contribution in [2.75, 3.05) is 43.6 Å². The van der Waals surface area contributed by atoms with Gasteiger partial charge in [-0.3, -0.25) is 19.3 Å². The van der Waals surface area contributed by atoms with Gasteiger partial charge in [0.15, 0.2) is 5.60 Å². The van der Waals surface area contributed by atoms with E-state index < -0.39 is 19.8 Å². The molecule has 2 saturated heterocycles. The van der Waals surface area contributed by atoms with Crippen LogP contribution in [0.1, 0.15) is 37.3 Å². The molecule has 288 valence electrons. The van der Waals surface area contributed by atoms with E-state index in [1.165, 1.54) is 0 Å². The molecule has 11 heteroatoms. The molecule has 3 aliphatic heterocycles. The van der Waals surface area contributed by atoms with Crippen molar-refractivity contribution in [2.45, 2.75) is 63.1 Å². The topological polar surface area (TPSA) is 120 Å². The first kappa shape index (κ1) is 38.5. The third-order valence-corrected chi connectivity index (χ3v) is 16.4. The number of aliphatic hydroxyl groups excluding tert-OH is 1. The van der Waals surface area contributed by atoms with Crippen LogP contribution in [0.15, 0.2) is 103 Å². The van der Waals surface area contributed by atoms with Gasteiger partial charge in [-0.15, -0.1) is 0 Å². The smallest absolute Gasteiger partial charge is 0.268 e. The summed E-state index contributed by atoms with van der Waals surface area (Å²) in [6, 6.07) is 33.1. The molecule has 0 saturated carbocycles. The van der Waals surface area contributed by atoms with Crippen LogP contribution in [0.2, 0.25) is 18.6 Å². The highest BCUT2D eigenvalue weighted by atomic mass is 28.3. The summed E-state index contributed by atoms with van der Waals surface area (Å²) in [5, 5.41) is 17.7. The highest BCUT2D eigenvalue weighted by molar-refractivity contribution is 6.91. The lowest BCUT2D eigenvalue weighted by Gasteiger charge is -2.37. The molecule has 3 aliphatic rings. The summed E-state index contributed by atoms with van der Waals surface area (Å²) in [5.41, 5.74) is 2.04. The molecule has 3 N–H and O–H groups in total.